The summed E-state index contributed by atoms with van der Waals surface area (Å²) >= 11 is 0. The largest absolute Gasteiger partial charge is 0.573 e. The van der Waals surface area contributed by atoms with Gasteiger partial charge in [-0.15, -0.1) is 13.2 Å². The fraction of sp³-hybridized carbons (Fsp3) is 0.304. The molecule has 37 heavy (non-hydrogen) atoms. The van der Waals surface area contributed by atoms with E-state index in [9.17, 15) is 27.9 Å². The molecular formula is C23H22F3N5O6. The molecule has 1 aromatic carbocycles. The van der Waals surface area contributed by atoms with Crippen molar-refractivity contribution in [2.24, 2.45) is 7.05 Å². The highest BCUT2D eigenvalue weighted by Gasteiger charge is 2.31. The Morgan fingerprint density at radius 2 is 1.84 bits per heavy atom. The third-order valence-electron chi connectivity index (χ3n) is 5.33. The Balaban J connectivity index is 1.88. The van der Waals surface area contributed by atoms with Gasteiger partial charge in [-0.05, 0) is 30.2 Å². The van der Waals surface area contributed by atoms with Crippen LogP contribution in [0.4, 0.5) is 13.2 Å². The first kappa shape index (κ1) is 25.8. The maximum Gasteiger partial charge on any atom is 0.573 e. The van der Waals surface area contributed by atoms with Gasteiger partial charge in [-0.1, -0.05) is 6.07 Å². The Labute approximate surface area is 206 Å². The van der Waals surface area contributed by atoms with Crippen LogP contribution < -0.4 is 25.5 Å². The highest BCUT2D eigenvalue weighted by atomic mass is 19.4. The lowest BCUT2D eigenvalue weighted by molar-refractivity contribution is -0.274. The first-order valence-electron chi connectivity index (χ1n) is 10.9. The number of hydrogen-bond acceptors (Lipinski definition) is 8. The molecule has 0 aliphatic heterocycles. The van der Waals surface area contributed by atoms with Crippen molar-refractivity contribution in [1.29, 1.82) is 0 Å². The molecule has 0 amide bonds. The van der Waals surface area contributed by atoms with E-state index in [-0.39, 0.29) is 49.0 Å². The molecule has 4 rings (SSSR count). The Kier molecular flexibility index (Phi) is 7.20. The molecule has 0 aliphatic carbocycles. The topological polar surface area (TPSA) is 123 Å². The minimum atomic E-state index is -4.90. The lowest BCUT2D eigenvalue weighted by atomic mass is 10.2. The van der Waals surface area contributed by atoms with E-state index < -0.39 is 23.4 Å². The summed E-state index contributed by atoms with van der Waals surface area (Å²) < 4.78 is 56.5. The van der Waals surface area contributed by atoms with E-state index in [1.54, 1.807) is 12.1 Å². The summed E-state index contributed by atoms with van der Waals surface area (Å²) in [6.45, 7) is -0.232. The van der Waals surface area contributed by atoms with Crippen molar-refractivity contribution < 1.29 is 32.5 Å². The van der Waals surface area contributed by atoms with Crippen LogP contribution in [0.1, 0.15) is 12.0 Å². The molecule has 3 heterocycles. The predicted octanol–water partition coefficient (Wildman–Crippen LogP) is 2.42. The van der Waals surface area contributed by atoms with Gasteiger partial charge in [-0.25, -0.2) is 9.78 Å². The van der Waals surface area contributed by atoms with Crippen LogP contribution in [0.3, 0.4) is 0 Å². The molecule has 0 unspecified atom stereocenters. The van der Waals surface area contributed by atoms with Gasteiger partial charge in [0.1, 0.15) is 11.5 Å². The van der Waals surface area contributed by atoms with E-state index in [4.69, 9.17) is 9.47 Å². The van der Waals surface area contributed by atoms with Crippen LogP contribution in [0.25, 0.3) is 11.2 Å². The number of rotatable bonds is 9. The number of fused-ring (bicyclic) bond motifs is 1. The van der Waals surface area contributed by atoms with E-state index in [2.05, 4.69) is 14.7 Å². The molecule has 11 nitrogen and oxygen atoms in total. The van der Waals surface area contributed by atoms with Crippen LogP contribution in [0.2, 0.25) is 0 Å². The van der Waals surface area contributed by atoms with Gasteiger partial charge >= 0.3 is 18.1 Å². The van der Waals surface area contributed by atoms with Crippen LogP contribution in [-0.2, 0) is 20.1 Å². The molecule has 0 bridgehead atoms. The molecule has 0 saturated carbocycles. The minimum absolute atomic E-state index is 0.00830. The zero-order chi connectivity index (χ0) is 26.7. The SMILES string of the molecule is COc1cc(Cn2c(Oc3cccc(OC(F)(F)F)c3)nc3c2c(=O)n(CCCO)c(=O)n3C)ccn1. The molecule has 0 fully saturated rings. The number of aromatic nitrogens is 5. The van der Waals surface area contributed by atoms with Gasteiger partial charge in [0.15, 0.2) is 11.2 Å². The molecule has 0 atom stereocenters. The fourth-order valence-corrected chi connectivity index (χ4v) is 3.69. The van der Waals surface area contributed by atoms with Crippen molar-refractivity contribution in [1.82, 2.24) is 23.7 Å². The maximum absolute atomic E-state index is 13.4. The number of aryl methyl sites for hydroxylation is 1. The first-order valence-corrected chi connectivity index (χ1v) is 10.9. The van der Waals surface area contributed by atoms with E-state index in [0.717, 1.165) is 21.3 Å². The third kappa shape index (κ3) is 5.58. The summed E-state index contributed by atoms with van der Waals surface area (Å²) in [4.78, 5) is 34.6. The number of nitrogens with zero attached hydrogens (tertiary/aromatic N) is 5. The summed E-state index contributed by atoms with van der Waals surface area (Å²) in [6, 6.07) is 7.96. The Morgan fingerprint density at radius 3 is 2.54 bits per heavy atom. The standard InChI is InChI=1S/C23H22F3N5O6/c1-29-19-18(20(33)30(22(29)34)9-4-10-32)31(13-14-7-8-27-17(11-14)35-2)21(28-19)36-15-5-3-6-16(12-15)37-23(24,25)26/h3,5-8,11-12,32H,4,9-10,13H2,1-2H3. The van der Waals surface area contributed by atoms with Crippen molar-refractivity contribution in [3.05, 3.63) is 69.0 Å². The zero-order valence-corrected chi connectivity index (χ0v) is 19.7. The molecule has 0 spiro atoms. The van der Waals surface area contributed by atoms with Crippen molar-refractivity contribution in [3.8, 4) is 23.4 Å². The van der Waals surface area contributed by atoms with Crippen molar-refractivity contribution in [3.63, 3.8) is 0 Å². The van der Waals surface area contributed by atoms with Gasteiger partial charge in [-0.2, -0.15) is 4.98 Å². The molecule has 0 saturated heterocycles. The summed E-state index contributed by atoms with van der Waals surface area (Å²) in [7, 11) is 2.87. The number of imidazole rings is 1. The van der Waals surface area contributed by atoms with E-state index in [1.807, 2.05) is 0 Å². The third-order valence-corrected chi connectivity index (χ3v) is 5.33. The number of ether oxygens (including phenoxy) is 3. The summed E-state index contributed by atoms with van der Waals surface area (Å²) in [5, 5.41) is 9.19. The van der Waals surface area contributed by atoms with Gasteiger partial charge in [0.25, 0.3) is 5.56 Å². The number of halogens is 3. The number of methoxy groups -OCH3 is 1. The van der Waals surface area contributed by atoms with Crippen molar-refractivity contribution in [2.75, 3.05) is 13.7 Å². The highest BCUT2D eigenvalue weighted by molar-refractivity contribution is 5.72. The van der Waals surface area contributed by atoms with Gasteiger partial charge in [0, 0.05) is 38.5 Å². The van der Waals surface area contributed by atoms with E-state index in [0.29, 0.717) is 11.4 Å². The van der Waals surface area contributed by atoms with Crippen LogP contribution in [0.15, 0.2) is 52.2 Å². The second-order valence-corrected chi connectivity index (χ2v) is 7.86. The molecule has 0 aliphatic rings. The lowest BCUT2D eigenvalue weighted by Crippen LogP contribution is -2.39. The predicted molar refractivity (Wildman–Crippen MR) is 124 cm³/mol. The number of aliphatic hydroxyl groups is 1. The van der Waals surface area contributed by atoms with E-state index >= 15 is 0 Å². The van der Waals surface area contributed by atoms with Gasteiger partial charge in [-0.3, -0.25) is 18.5 Å². The fourth-order valence-electron chi connectivity index (χ4n) is 3.69. The number of alkyl halides is 3. The molecule has 1 N–H and O–H groups in total. The van der Waals surface area contributed by atoms with Crippen LogP contribution >= 0.6 is 0 Å². The number of benzene rings is 1. The minimum Gasteiger partial charge on any atom is -0.481 e. The molecule has 0 radical (unpaired) electrons. The number of pyridine rings is 1. The lowest BCUT2D eigenvalue weighted by Gasteiger charge is -2.13. The van der Waals surface area contributed by atoms with E-state index in [1.165, 1.54) is 37.1 Å². The van der Waals surface area contributed by atoms with Gasteiger partial charge in [0.2, 0.25) is 5.88 Å². The maximum atomic E-state index is 13.4. The summed E-state index contributed by atoms with van der Waals surface area (Å²) in [5.74, 6) is -0.240. The first-order chi connectivity index (χ1) is 17.6. The molecule has 3 aromatic heterocycles. The molecule has 14 heteroatoms. The Hall–Kier alpha value is -4.33. The molecule has 196 valence electrons. The Bertz CT molecular complexity index is 1540. The van der Waals surface area contributed by atoms with Crippen molar-refractivity contribution in [2.45, 2.75) is 25.9 Å². The molecular weight excluding hydrogens is 499 g/mol. The van der Waals surface area contributed by atoms with Gasteiger partial charge in [0.05, 0.1) is 13.7 Å². The van der Waals surface area contributed by atoms with Gasteiger partial charge < -0.3 is 19.3 Å². The smallest absolute Gasteiger partial charge is 0.481 e. The van der Waals surface area contributed by atoms with Crippen molar-refractivity contribution >= 4 is 11.2 Å². The molecule has 4 aromatic rings. The highest BCUT2D eigenvalue weighted by Crippen LogP contribution is 2.30. The normalized spacial score (nSPS) is 11.6. The second kappa shape index (κ2) is 10.3. The quantitative estimate of drug-likeness (QED) is 0.356. The summed E-state index contributed by atoms with van der Waals surface area (Å²) in [6.07, 6.45) is -3.23. The zero-order valence-electron chi connectivity index (χ0n) is 19.7. The number of hydrogen-bond donors (Lipinski definition) is 1. The van der Waals surface area contributed by atoms with Crippen LogP contribution in [-0.4, -0.2) is 48.9 Å². The van der Waals surface area contributed by atoms with Crippen LogP contribution in [0.5, 0.6) is 23.4 Å². The summed E-state index contributed by atoms with van der Waals surface area (Å²) in [5.41, 5.74) is -0.639. The Morgan fingerprint density at radius 1 is 1.08 bits per heavy atom. The average Bonchev–Trinajstić information content (AvgIpc) is 3.20. The number of aliphatic hydroxyl groups excluding tert-OH is 1. The second-order valence-electron chi connectivity index (χ2n) is 7.86. The monoisotopic (exact) mass is 521 g/mol. The van der Waals surface area contributed by atoms with Crippen LogP contribution in [0, 0.1) is 0 Å². The average molecular weight is 521 g/mol.